The number of carbonyl (C=O) groups is 2. The quantitative estimate of drug-likeness (QED) is 0.857. The van der Waals surface area contributed by atoms with Crippen LogP contribution >= 0.6 is 0 Å². The molecule has 18 heavy (non-hydrogen) atoms. The summed E-state index contributed by atoms with van der Waals surface area (Å²) in [4.78, 5) is 24.8. The van der Waals surface area contributed by atoms with Gasteiger partial charge in [-0.2, -0.15) is 0 Å². The second-order valence-electron chi connectivity index (χ2n) is 4.80. The lowest BCUT2D eigenvalue weighted by molar-refractivity contribution is -0.144. The van der Waals surface area contributed by atoms with Crippen LogP contribution in [0.2, 0.25) is 0 Å². The molecule has 6 heteroatoms. The zero-order valence-corrected chi connectivity index (χ0v) is 10.4. The molecule has 0 aromatic carbocycles. The summed E-state index contributed by atoms with van der Waals surface area (Å²) >= 11 is 0. The molecule has 2 heterocycles. The fourth-order valence-corrected chi connectivity index (χ4v) is 2.23. The first-order valence-electron chi connectivity index (χ1n) is 5.96. The maximum absolute atomic E-state index is 12.2. The molecule has 2 rings (SSSR count). The van der Waals surface area contributed by atoms with E-state index in [1.165, 1.54) is 11.0 Å². The van der Waals surface area contributed by atoms with Gasteiger partial charge in [-0.15, -0.1) is 0 Å². The van der Waals surface area contributed by atoms with Crippen molar-refractivity contribution in [1.29, 1.82) is 0 Å². The smallest absolute Gasteiger partial charge is 0.326 e. The van der Waals surface area contributed by atoms with Gasteiger partial charge in [0.1, 0.15) is 11.8 Å². The van der Waals surface area contributed by atoms with E-state index < -0.39 is 12.0 Å². The van der Waals surface area contributed by atoms with E-state index >= 15 is 0 Å². The first kappa shape index (κ1) is 12.6. The van der Waals surface area contributed by atoms with E-state index in [2.05, 4.69) is 5.16 Å². The molecule has 1 aliphatic heterocycles. The van der Waals surface area contributed by atoms with Gasteiger partial charge in [-0.1, -0.05) is 12.1 Å². The Bertz CT molecular complexity index is 468. The average Bonchev–Trinajstić information content (AvgIpc) is 2.75. The van der Waals surface area contributed by atoms with E-state index in [-0.39, 0.29) is 11.6 Å². The van der Waals surface area contributed by atoms with Crippen molar-refractivity contribution in [3.8, 4) is 0 Å². The molecule has 6 nitrogen and oxygen atoms in total. The van der Waals surface area contributed by atoms with Crippen LogP contribution in [-0.2, 0) is 4.79 Å². The SMILES string of the molecule is Cc1cc(C(=O)N2CCC(C)CC2C(=O)O)no1. The van der Waals surface area contributed by atoms with Crippen molar-refractivity contribution in [2.24, 2.45) is 5.92 Å². The van der Waals surface area contributed by atoms with Gasteiger partial charge in [0, 0.05) is 12.6 Å². The Labute approximate surface area is 105 Å². The summed E-state index contributed by atoms with van der Waals surface area (Å²) in [7, 11) is 0. The van der Waals surface area contributed by atoms with E-state index in [0.717, 1.165) is 6.42 Å². The molecular formula is C12H16N2O4. The Balaban J connectivity index is 2.20. The van der Waals surface area contributed by atoms with Crippen molar-refractivity contribution in [1.82, 2.24) is 10.1 Å². The highest BCUT2D eigenvalue weighted by molar-refractivity contribution is 5.95. The Morgan fingerprint density at radius 2 is 2.28 bits per heavy atom. The molecule has 1 aromatic rings. The van der Waals surface area contributed by atoms with Crippen LogP contribution in [0.15, 0.2) is 10.6 Å². The minimum Gasteiger partial charge on any atom is -0.480 e. The molecule has 0 aliphatic carbocycles. The summed E-state index contributed by atoms with van der Waals surface area (Å²) in [6.45, 7) is 4.14. The van der Waals surface area contributed by atoms with Gasteiger partial charge in [0.05, 0.1) is 0 Å². The topological polar surface area (TPSA) is 83.6 Å². The van der Waals surface area contributed by atoms with Gasteiger partial charge >= 0.3 is 5.97 Å². The minimum absolute atomic E-state index is 0.174. The molecule has 1 fully saturated rings. The number of hydrogen-bond acceptors (Lipinski definition) is 4. The second-order valence-corrected chi connectivity index (χ2v) is 4.80. The van der Waals surface area contributed by atoms with Crippen molar-refractivity contribution < 1.29 is 19.2 Å². The maximum Gasteiger partial charge on any atom is 0.326 e. The van der Waals surface area contributed by atoms with Gasteiger partial charge in [-0.25, -0.2) is 4.79 Å². The number of aryl methyl sites for hydroxylation is 1. The van der Waals surface area contributed by atoms with Crippen molar-refractivity contribution in [3.63, 3.8) is 0 Å². The Kier molecular flexibility index (Phi) is 3.36. The number of aliphatic carboxylic acids is 1. The summed E-state index contributed by atoms with van der Waals surface area (Å²) in [5, 5.41) is 12.8. The standard InChI is InChI=1S/C12H16N2O4/c1-7-3-4-14(10(5-7)12(16)17)11(15)9-6-8(2)18-13-9/h6-7,10H,3-5H2,1-2H3,(H,16,17). The van der Waals surface area contributed by atoms with Gasteiger partial charge in [0.2, 0.25) is 0 Å². The van der Waals surface area contributed by atoms with Crippen LogP contribution in [0, 0.1) is 12.8 Å². The number of carboxylic acid groups (broad SMARTS) is 1. The monoisotopic (exact) mass is 252 g/mol. The zero-order valence-electron chi connectivity index (χ0n) is 10.4. The number of rotatable bonds is 2. The zero-order chi connectivity index (χ0) is 13.3. The Morgan fingerprint density at radius 3 is 2.83 bits per heavy atom. The third-order valence-corrected chi connectivity index (χ3v) is 3.26. The Morgan fingerprint density at radius 1 is 1.56 bits per heavy atom. The van der Waals surface area contributed by atoms with Crippen molar-refractivity contribution in [3.05, 3.63) is 17.5 Å². The second kappa shape index (κ2) is 4.80. The predicted molar refractivity (Wildman–Crippen MR) is 62.1 cm³/mol. The normalized spacial score (nSPS) is 24.0. The van der Waals surface area contributed by atoms with Gasteiger partial charge < -0.3 is 14.5 Å². The summed E-state index contributed by atoms with van der Waals surface area (Å²) in [5.41, 5.74) is 0.174. The Hall–Kier alpha value is -1.85. The van der Waals surface area contributed by atoms with Crippen molar-refractivity contribution >= 4 is 11.9 Å². The van der Waals surface area contributed by atoms with Crippen LogP contribution in [0.5, 0.6) is 0 Å². The number of likely N-dealkylation sites (tertiary alicyclic amines) is 1. The average molecular weight is 252 g/mol. The molecular weight excluding hydrogens is 236 g/mol. The number of carboxylic acids is 1. The minimum atomic E-state index is -0.963. The number of aromatic nitrogens is 1. The highest BCUT2D eigenvalue weighted by Crippen LogP contribution is 2.24. The van der Waals surface area contributed by atoms with E-state index in [9.17, 15) is 14.7 Å². The molecule has 0 radical (unpaired) electrons. The molecule has 1 aromatic heterocycles. The summed E-state index contributed by atoms with van der Waals surface area (Å²) in [6, 6.07) is 0.762. The summed E-state index contributed by atoms with van der Waals surface area (Å²) < 4.78 is 4.85. The van der Waals surface area contributed by atoms with Gasteiger partial charge in [-0.05, 0) is 25.7 Å². The van der Waals surface area contributed by atoms with Crippen LogP contribution in [-0.4, -0.2) is 39.6 Å². The number of amides is 1. The molecule has 1 saturated heterocycles. The molecule has 1 N–H and O–H groups in total. The van der Waals surface area contributed by atoms with Gasteiger partial charge in [-0.3, -0.25) is 4.79 Å². The van der Waals surface area contributed by atoms with Crippen LogP contribution in [0.4, 0.5) is 0 Å². The molecule has 0 saturated carbocycles. The van der Waals surface area contributed by atoms with E-state index in [1.54, 1.807) is 6.92 Å². The third kappa shape index (κ3) is 2.37. The molecule has 0 bridgehead atoms. The molecule has 2 atom stereocenters. The highest BCUT2D eigenvalue weighted by atomic mass is 16.5. The van der Waals surface area contributed by atoms with E-state index in [1.807, 2.05) is 6.92 Å². The van der Waals surface area contributed by atoms with Crippen LogP contribution in [0.3, 0.4) is 0 Å². The predicted octanol–water partition coefficient (Wildman–Crippen LogP) is 1.31. The van der Waals surface area contributed by atoms with Crippen LogP contribution < -0.4 is 0 Å². The fraction of sp³-hybridized carbons (Fsp3) is 0.583. The summed E-state index contributed by atoms with van der Waals surface area (Å²) in [6.07, 6.45) is 1.30. The third-order valence-electron chi connectivity index (χ3n) is 3.26. The lowest BCUT2D eigenvalue weighted by Gasteiger charge is -2.35. The molecule has 1 amide bonds. The molecule has 1 aliphatic rings. The van der Waals surface area contributed by atoms with Gasteiger partial charge in [0.25, 0.3) is 5.91 Å². The van der Waals surface area contributed by atoms with Crippen LogP contribution in [0.25, 0.3) is 0 Å². The van der Waals surface area contributed by atoms with Crippen molar-refractivity contribution in [2.45, 2.75) is 32.7 Å². The van der Waals surface area contributed by atoms with Gasteiger partial charge in [0.15, 0.2) is 5.69 Å². The summed E-state index contributed by atoms with van der Waals surface area (Å²) in [5.74, 6) is -0.480. The molecule has 2 unspecified atom stereocenters. The lowest BCUT2D eigenvalue weighted by atomic mass is 9.92. The first-order valence-corrected chi connectivity index (χ1v) is 5.96. The van der Waals surface area contributed by atoms with E-state index in [4.69, 9.17) is 4.52 Å². The largest absolute Gasteiger partial charge is 0.480 e. The highest BCUT2D eigenvalue weighted by Gasteiger charge is 2.36. The number of nitrogens with zero attached hydrogens (tertiary/aromatic N) is 2. The van der Waals surface area contributed by atoms with Crippen LogP contribution in [0.1, 0.15) is 36.0 Å². The number of carbonyl (C=O) groups excluding carboxylic acids is 1. The maximum atomic E-state index is 12.2. The molecule has 0 spiro atoms. The molecule has 98 valence electrons. The first-order chi connectivity index (χ1) is 8.49. The fourth-order valence-electron chi connectivity index (χ4n) is 2.23. The van der Waals surface area contributed by atoms with Crippen molar-refractivity contribution in [2.75, 3.05) is 6.54 Å². The lowest BCUT2D eigenvalue weighted by Crippen LogP contribution is -2.49. The van der Waals surface area contributed by atoms with E-state index in [0.29, 0.717) is 24.6 Å². The number of piperidine rings is 1. The number of hydrogen-bond donors (Lipinski definition) is 1.